The Morgan fingerprint density at radius 3 is 2.84 bits per heavy atom. The van der Waals surface area contributed by atoms with Gasteiger partial charge >= 0.3 is 0 Å². The van der Waals surface area contributed by atoms with Gasteiger partial charge in [0.15, 0.2) is 0 Å². The van der Waals surface area contributed by atoms with Gasteiger partial charge in [0, 0.05) is 37.9 Å². The minimum absolute atomic E-state index is 0.514. The van der Waals surface area contributed by atoms with Gasteiger partial charge in [-0.1, -0.05) is 26.8 Å². The first kappa shape index (κ1) is 13.1. The largest absolute Gasteiger partial charge is 0.302 e. The lowest BCUT2D eigenvalue weighted by Crippen LogP contribution is -2.52. The molecule has 0 radical (unpaired) electrons. The van der Waals surface area contributed by atoms with Crippen molar-refractivity contribution in [2.24, 2.45) is 16.7 Å². The fraction of sp³-hybridized carbons (Fsp3) is 0.706. The van der Waals surface area contributed by atoms with Crippen molar-refractivity contribution >= 4 is 0 Å². The number of hydrogen-bond donors (Lipinski definition) is 0. The third-order valence-electron chi connectivity index (χ3n) is 6.08. The predicted octanol–water partition coefficient (Wildman–Crippen LogP) is 3.38. The monoisotopic (exact) mass is 258 g/mol. The van der Waals surface area contributed by atoms with Gasteiger partial charge in [-0.05, 0) is 41.7 Å². The molecule has 1 aliphatic carbocycles. The Morgan fingerprint density at radius 1 is 1.32 bits per heavy atom. The van der Waals surface area contributed by atoms with Crippen LogP contribution in [0.1, 0.15) is 39.3 Å². The number of likely N-dealkylation sites (tertiary alicyclic amines) is 1. The number of rotatable bonds is 3. The molecule has 1 saturated heterocycles. The van der Waals surface area contributed by atoms with E-state index in [4.69, 9.17) is 0 Å². The summed E-state index contributed by atoms with van der Waals surface area (Å²) in [5, 5.41) is 0. The molecule has 19 heavy (non-hydrogen) atoms. The van der Waals surface area contributed by atoms with Crippen LogP contribution in [0, 0.1) is 16.7 Å². The molecule has 0 aromatic carbocycles. The Labute approximate surface area is 117 Å². The molecular formula is C17H26N2. The van der Waals surface area contributed by atoms with Crippen molar-refractivity contribution in [3.8, 4) is 0 Å². The number of hydrogen-bond acceptors (Lipinski definition) is 2. The molecule has 2 atom stereocenters. The first-order valence-corrected chi connectivity index (χ1v) is 7.63. The van der Waals surface area contributed by atoms with E-state index in [0.29, 0.717) is 10.8 Å². The van der Waals surface area contributed by atoms with Crippen molar-refractivity contribution < 1.29 is 0 Å². The van der Waals surface area contributed by atoms with Crippen molar-refractivity contribution in [2.75, 3.05) is 19.6 Å². The van der Waals surface area contributed by atoms with E-state index < -0.39 is 0 Å². The summed E-state index contributed by atoms with van der Waals surface area (Å²) in [6, 6.07) is 6.23. The first-order chi connectivity index (χ1) is 9.01. The molecule has 1 saturated carbocycles. The molecule has 1 aromatic heterocycles. The molecule has 2 heterocycles. The second-order valence-corrected chi connectivity index (χ2v) is 7.32. The van der Waals surface area contributed by atoms with Gasteiger partial charge in [-0.2, -0.15) is 0 Å². The van der Waals surface area contributed by atoms with Crippen LogP contribution < -0.4 is 0 Å². The molecule has 2 fully saturated rings. The molecule has 0 spiro atoms. The molecule has 0 N–H and O–H groups in total. The molecule has 0 amide bonds. The molecule has 1 aromatic rings. The SMILES string of the molecule is CC1(C)C2CC[C@@]1(C)CN(CCc1ccccn1)C2. The van der Waals surface area contributed by atoms with E-state index in [1.54, 1.807) is 0 Å². The third-order valence-corrected chi connectivity index (χ3v) is 6.08. The molecule has 3 rings (SSSR count). The maximum Gasteiger partial charge on any atom is 0.0416 e. The normalized spacial score (nSPS) is 33.5. The molecule has 2 bridgehead atoms. The average molecular weight is 258 g/mol. The Balaban J connectivity index is 1.63. The standard InChI is InChI=1S/C17H26N2/c1-16(2)14-7-9-17(16,3)13-19(12-14)11-8-15-6-4-5-10-18-15/h4-6,10,14H,7-9,11-13H2,1-3H3/t14?,17-/m0/s1. The lowest BCUT2D eigenvalue weighted by atomic mass is 9.63. The molecule has 1 unspecified atom stereocenters. The average Bonchev–Trinajstić information content (AvgIpc) is 2.56. The summed E-state index contributed by atoms with van der Waals surface area (Å²) < 4.78 is 0. The quantitative estimate of drug-likeness (QED) is 0.826. The van der Waals surface area contributed by atoms with Gasteiger partial charge in [-0.3, -0.25) is 4.98 Å². The first-order valence-electron chi connectivity index (χ1n) is 7.63. The van der Waals surface area contributed by atoms with Crippen LogP contribution in [0.5, 0.6) is 0 Å². The second-order valence-electron chi connectivity index (χ2n) is 7.32. The zero-order chi connectivity index (χ0) is 13.5. The van der Waals surface area contributed by atoms with Gasteiger partial charge in [0.05, 0.1) is 0 Å². The summed E-state index contributed by atoms with van der Waals surface area (Å²) in [5.74, 6) is 0.884. The maximum absolute atomic E-state index is 4.44. The molecule has 2 aliphatic rings. The summed E-state index contributed by atoms with van der Waals surface area (Å²) >= 11 is 0. The van der Waals surface area contributed by atoms with Crippen LogP contribution in [0.25, 0.3) is 0 Å². The summed E-state index contributed by atoms with van der Waals surface area (Å²) in [6.07, 6.45) is 5.82. The Bertz CT molecular complexity index is 440. The topological polar surface area (TPSA) is 16.1 Å². The Hall–Kier alpha value is -0.890. The highest BCUT2D eigenvalue weighted by molar-refractivity contribution is 5.07. The molecule has 2 heteroatoms. The molecule has 2 nitrogen and oxygen atoms in total. The number of nitrogens with zero attached hydrogens (tertiary/aromatic N) is 2. The third kappa shape index (κ3) is 2.20. The smallest absolute Gasteiger partial charge is 0.0416 e. The highest BCUT2D eigenvalue weighted by atomic mass is 15.2. The highest BCUT2D eigenvalue weighted by Gasteiger charge is 2.55. The van der Waals surface area contributed by atoms with Crippen LogP contribution in [0.15, 0.2) is 24.4 Å². The van der Waals surface area contributed by atoms with Gasteiger partial charge in [-0.25, -0.2) is 0 Å². The lowest BCUT2D eigenvalue weighted by molar-refractivity contribution is -0.0170. The Kier molecular flexibility index (Phi) is 3.17. The number of aromatic nitrogens is 1. The zero-order valence-corrected chi connectivity index (χ0v) is 12.5. The van der Waals surface area contributed by atoms with E-state index in [2.05, 4.69) is 42.8 Å². The van der Waals surface area contributed by atoms with Crippen molar-refractivity contribution in [1.82, 2.24) is 9.88 Å². The van der Waals surface area contributed by atoms with Crippen LogP contribution in [0.4, 0.5) is 0 Å². The van der Waals surface area contributed by atoms with Crippen LogP contribution in [0.2, 0.25) is 0 Å². The summed E-state index contributed by atoms with van der Waals surface area (Å²) in [5.41, 5.74) is 2.26. The van der Waals surface area contributed by atoms with Gasteiger partial charge in [-0.15, -0.1) is 0 Å². The number of fused-ring (bicyclic) bond motifs is 2. The fourth-order valence-corrected chi connectivity index (χ4v) is 4.13. The van der Waals surface area contributed by atoms with E-state index in [1.807, 2.05) is 12.3 Å². The van der Waals surface area contributed by atoms with Gasteiger partial charge in [0.2, 0.25) is 0 Å². The lowest BCUT2D eigenvalue weighted by Gasteiger charge is -2.50. The minimum Gasteiger partial charge on any atom is -0.302 e. The van der Waals surface area contributed by atoms with E-state index in [9.17, 15) is 0 Å². The van der Waals surface area contributed by atoms with Crippen LogP contribution >= 0.6 is 0 Å². The summed E-state index contributed by atoms with van der Waals surface area (Å²) in [4.78, 5) is 7.11. The van der Waals surface area contributed by atoms with E-state index in [-0.39, 0.29) is 0 Å². The zero-order valence-electron chi connectivity index (χ0n) is 12.5. The summed E-state index contributed by atoms with van der Waals surface area (Å²) in [6.45, 7) is 11.2. The van der Waals surface area contributed by atoms with Crippen molar-refractivity contribution in [3.05, 3.63) is 30.1 Å². The van der Waals surface area contributed by atoms with Crippen molar-refractivity contribution in [2.45, 2.75) is 40.0 Å². The molecular weight excluding hydrogens is 232 g/mol. The predicted molar refractivity (Wildman–Crippen MR) is 79.0 cm³/mol. The molecule has 1 aliphatic heterocycles. The van der Waals surface area contributed by atoms with Crippen LogP contribution in [-0.4, -0.2) is 29.5 Å². The maximum atomic E-state index is 4.44. The Morgan fingerprint density at radius 2 is 2.16 bits per heavy atom. The van der Waals surface area contributed by atoms with E-state index in [0.717, 1.165) is 12.3 Å². The minimum atomic E-state index is 0.514. The van der Waals surface area contributed by atoms with Crippen LogP contribution in [0.3, 0.4) is 0 Å². The van der Waals surface area contributed by atoms with Gasteiger partial charge < -0.3 is 4.90 Å². The van der Waals surface area contributed by atoms with Crippen molar-refractivity contribution in [1.29, 1.82) is 0 Å². The van der Waals surface area contributed by atoms with Gasteiger partial charge in [0.1, 0.15) is 0 Å². The number of piperidine rings is 1. The van der Waals surface area contributed by atoms with Crippen molar-refractivity contribution in [3.63, 3.8) is 0 Å². The van der Waals surface area contributed by atoms with Gasteiger partial charge in [0.25, 0.3) is 0 Å². The number of pyridine rings is 1. The highest BCUT2D eigenvalue weighted by Crippen LogP contribution is 2.58. The second kappa shape index (κ2) is 4.59. The van der Waals surface area contributed by atoms with E-state index in [1.165, 1.54) is 38.2 Å². The van der Waals surface area contributed by atoms with E-state index >= 15 is 0 Å². The summed E-state index contributed by atoms with van der Waals surface area (Å²) in [7, 11) is 0. The molecule has 104 valence electrons. The fourth-order valence-electron chi connectivity index (χ4n) is 4.13. The van der Waals surface area contributed by atoms with Crippen LogP contribution in [-0.2, 0) is 6.42 Å².